The molecule has 0 aromatic rings. The standard InChI is InChI=1S/C61H116O6/c1-4-7-10-13-16-19-22-24-26-28-29-30-31-33-34-36-39-42-45-48-51-54-60(63)66-57-58(56-65-59(62)53-50-47-44-41-38-21-18-15-12-9-6-3)67-61(64)55-52-49-46-43-40-37-35-32-27-25-23-20-17-14-11-8-5-2/h24,26,58H,4-23,25,27-57H2,1-3H3/b26-24-/t58-/m0/s1. The fourth-order valence-corrected chi connectivity index (χ4v) is 9.21. The van der Waals surface area contributed by atoms with Crippen molar-refractivity contribution in [1.29, 1.82) is 0 Å². The third-order valence-corrected chi connectivity index (χ3v) is 13.8. The zero-order chi connectivity index (χ0) is 48.6. The quantitative estimate of drug-likeness (QED) is 0.0262. The van der Waals surface area contributed by atoms with Crippen LogP contribution in [0.3, 0.4) is 0 Å². The lowest BCUT2D eigenvalue weighted by molar-refractivity contribution is -0.167. The fraction of sp³-hybridized carbons (Fsp3) is 0.918. The topological polar surface area (TPSA) is 78.9 Å². The second-order valence-corrected chi connectivity index (χ2v) is 20.6. The summed E-state index contributed by atoms with van der Waals surface area (Å²) in [5.41, 5.74) is 0. The van der Waals surface area contributed by atoms with Crippen LogP contribution in [0.1, 0.15) is 342 Å². The lowest BCUT2D eigenvalue weighted by Gasteiger charge is -2.18. The van der Waals surface area contributed by atoms with Crippen LogP contribution in [0.4, 0.5) is 0 Å². The van der Waals surface area contributed by atoms with Gasteiger partial charge in [0.2, 0.25) is 0 Å². The average molecular weight is 946 g/mol. The van der Waals surface area contributed by atoms with E-state index in [1.807, 2.05) is 0 Å². The number of esters is 3. The summed E-state index contributed by atoms with van der Waals surface area (Å²) < 4.78 is 16.9. The highest BCUT2D eigenvalue weighted by Crippen LogP contribution is 2.17. The minimum atomic E-state index is -0.764. The van der Waals surface area contributed by atoms with Crippen LogP contribution in [0.15, 0.2) is 12.2 Å². The summed E-state index contributed by atoms with van der Waals surface area (Å²) >= 11 is 0. The number of ether oxygens (including phenoxy) is 3. The van der Waals surface area contributed by atoms with Gasteiger partial charge in [0, 0.05) is 19.3 Å². The summed E-state index contributed by atoms with van der Waals surface area (Å²) in [7, 11) is 0. The van der Waals surface area contributed by atoms with Crippen molar-refractivity contribution in [3.8, 4) is 0 Å². The van der Waals surface area contributed by atoms with Crippen LogP contribution in [-0.2, 0) is 28.6 Å². The monoisotopic (exact) mass is 945 g/mol. The van der Waals surface area contributed by atoms with E-state index in [1.165, 1.54) is 244 Å². The van der Waals surface area contributed by atoms with Gasteiger partial charge in [-0.2, -0.15) is 0 Å². The molecule has 0 unspecified atom stereocenters. The minimum Gasteiger partial charge on any atom is -0.462 e. The van der Waals surface area contributed by atoms with Crippen molar-refractivity contribution >= 4 is 17.9 Å². The van der Waals surface area contributed by atoms with Crippen LogP contribution in [0.25, 0.3) is 0 Å². The maximum Gasteiger partial charge on any atom is 0.306 e. The van der Waals surface area contributed by atoms with Gasteiger partial charge in [0.1, 0.15) is 13.2 Å². The molecule has 0 bridgehead atoms. The van der Waals surface area contributed by atoms with Gasteiger partial charge in [-0.25, -0.2) is 0 Å². The molecule has 0 amide bonds. The molecule has 0 spiro atoms. The summed E-state index contributed by atoms with van der Waals surface area (Å²) in [6.07, 6.45) is 64.9. The number of unbranched alkanes of at least 4 members (excludes halogenated alkanes) is 43. The Kier molecular flexibility index (Phi) is 55.2. The average Bonchev–Trinajstić information content (AvgIpc) is 3.33. The van der Waals surface area contributed by atoms with Crippen molar-refractivity contribution < 1.29 is 28.6 Å². The SMILES string of the molecule is CCCCCCCC/C=C\CCCCCCCCCCCCCC(=O)OC[C@H](COC(=O)CCCCCCCCCCCCC)OC(=O)CCCCCCCCCCCCCCCCCCC. The molecule has 0 aromatic heterocycles. The molecule has 0 aromatic carbocycles. The van der Waals surface area contributed by atoms with Crippen LogP contribution in [-0.4, -0.2) is 37.2 Å². The normalized spacial score (nSPS) is 12.0. The molecular weight excluding hydrogens is 829 g/mol. The Morgan fingerprint density at radius 2 is 0.493 bits per heavy atom. The molecule has 0 aliphatic heterocycles. The van der Waals surface area contributed by atoms with E-state index in [4.69, 9.17) is 14.2 Å². The van der Waals surface area contributed by atoms with E-state index < -0.39 is 6.10 Å². The molecule has 6 heteroatoms. The largest absolute Gasteiger partial charge is 0.462 e. The van der Waals surface area contributed by atoms with Crippen molar-refractivity contribution in [1.82, 2.24) is 0 Å². The fourth-order valence-electron chi connectivity index (χ4n) is 9.21. The molecule has 0 N–H and O–H groups in total. The highest BCUT2D eigenvalue weighted by atomic mass is 16.6. The van der Waals surface area contributed by atoms with E-state index in [9.17, 15) is 14.4 Å². The van der Waals surface area contributed by atoms with Crippen molar-refractivity contribution in [2.24, 2.45) is 0 Å². The zero-order valence-electron chi connectivity index (χ0n) is 45.5. The van der Waals surface area contributed by atoms with E-state index in [0.29, 0.717) is 19.3 Å². The Labute approximate surface area is 418 Å². The number of allylic oxidation sites excluding steroid dienone is 2. The molecule has 1 atom stereocenters. The lowest BCUT2D eigenvalue weighted by Crippen LogP contribution is -2.30. The van der Waals surface area contributed by atoms with E-state index >= 15 is 0 Å². The first-order chi connectivity index (χ1) is 33.0. The second-order valence-electron chi connectivity index (χ2n) is 20.6. The molecule has 6 nitrogen and oxygen atoms in total. The molecule has 0 heterocycles. The third-order valence-electron chi connectivity index (χ3n) is 13.8. The van der Waals surface area contributed by atoms with Crippen LogP contribution in [0, 0.1) is 0 Å². The van der Waals surface area contributed by atoms with E-state index in [1.54, 1.807) is 0 Å². The van der Waals surface area contributed by atoms with Gasteiger partial charge in [-0.3, -0.25) is 14.4 Å². The zero-order valence-corrected chi connectivity index (χ0v) is 45.5. The highest BCUT2D eigenvalue weighted by molar-refractivity contribution is 5.71. The molecule has 0 rings (SSSR count). The van der Waals surface area contributed by atoms with Crippen LogP contribution < -0.4 is 0 Å². The minimum absolute atomic E-state index is 0.0639. The molecule has 0 radical (unpaired) electrons. The first-order valence-electron chi connectivity index (χ1n) is 30.2. The number of hydrogen-bond donors (Lipinski definition) is 0. The van der Waals surface area contributed by atoms with Gasteiger partial charge in [0.15, 0.2) is 6.10 Å². The van der Waals surface area contributed by atoms with Gasteiger partial charge in [0.25, 0.3) is 0 Å². The summed E-state index contributed by atoms with van der Waals surface area (Å²) in [6, 6.07) is 0. The summed E-state index contributed by atoms with van der Waals surface area (Å²) in [6.45, 7) is 6.69. The smallest absolute Gasteiger partial charge is 0.306 e. The van der Waals surface area contributed by atoms with Gasteiger partial charge in [-0.05, 0) is 44.9 Å². The highest BCUT2D eigenvalue weighted by Gasteiger charge is 2.19. The Bertz CT molecular complexity index is 1040. The predicted octanol–water partition coefficient (Wildman–Crippen LogP) is 20.1. The van der Waals surface area contributed by atoms with Gasteiger partial charge >= 0.3 is 17.9 Å². The maximum absolute atomic E-state index is 12.9. The van der Waals surface area contributed by atoms with Crippen molar-refractivity contribution in [2.75, 3.05) is 13.2 Å². The van der Waals surface area contributed by atoms with Gasteiger partial charge in [-0.15, -0.1) is 0 Å². The Hall–Kier alpha value is -1.85. The Morgan fingerprint density at radius 3 is 0.746 bits per heavy atom. The van der Waals surface area contributed by atoms with Crippen molar-refractivity contribution in [2.45, 2.75) is 348 Å². The van der Waals surface area contributed by atoms with Crippen molar-refractivity contribution in [3.05, 3.63) is 12.2 Å². The molecule has 0 saturated carbocycles. The molecule has 396 valence electrons. The first kappa shape index (κ1) is 65.1. The molecule has 0 fully saturated rings. The molecule has 0 aliphatic rings. The summed E-state index contributed by atoms with van der Waals surface area (Å²) in [4.78, 5) is 38.1. The first-order valence-corrected chi connectivity index (χ1v) is 30.2. The van der Waals surface area contributed by atoms with Gasteiger partial charge in [0.05, 0.1) is 0 Å². The van der Waals surface area contributed by atoms with Gasteiger partial charge < -0.3 is 14.2 Å². The van der Waals surface area contributed by atoms with E-state index in [2.05, 4.69) is 32.9 Å². The Balaban J connectivity index is 4.24. The molecular formula is C61H116O6. The number of hydrogen-bond acceptors (Lipinski definition) is 6. The number of rotatable bonds is 56. The molecule has 0 saturated heterocycles. The number of carbonyl (C=O) groups excluding carboxylic acids is 3. The number of carbonyl (C=O) groups is 3. The maximum atomic E-state index is 12.9. The third kappa shape index (κ3) is 55.0. The Morgan fingerprint density at radius 1 is 0.284 bits per heavy atom. The van der Waals surface area contributed by atoms with Crippen LogP contribution >= 0.6 is 0 Å². The van der Waals surface area contributed by atoms with Crippen LogP contribution in [0.5, 0.6) is 0 Å². The van der Waals surface area contributed by atoms with Gasteiger partial charge in [-0.1, -0.05) is 290 Å². The van der Waals surface area contributed by atoms with Crippen molar-refractivity contribution in [3.63, 3.8) is 0 Å². The summed E-state index contributed by atoms with van der Waals surface area (Å²) in [5, 5.41) is 0. The predicted molar refractivity (Wildman–Crippen MR) is 289 cm³/mol. The summed E-state index contributed by atoms with van der Waals surface area (Å²) in [5.74, 6) is -0.839. The van der Waals surface area contributed by atoms with E-state index in [-0.39, 0.29) is 31.1 Å². The lowest BCUT2D eigenvalue weighted by atomic mass is 10.0. The second kappa shape index (κ2) is 56.7. The molecule has 67 heavy (non-hydrogen) atoms. The van der Waals surface area contributed by atoms with E-state index in [0.717, 1.165) is 57.8 Å². The van der Waals surface area contributed by atoms with Crippen LogP contribution in [0.2, 0.25) is 0 Å². The molecule has 0 aliphatic carbocycles.